The summed E-state index contributed by atoms with van der Waals surface area (Å²) in [5.74, 6) is -0.683. The number of aldehydes is 1. The molecule has 0 aliphatic carbocycles. The summed E-state index contributed by atoms with van der Waals surface area (Å²) in [5, 5.41) is 0. The third-order valence-electron chi connectivity index (χ3n) is 4.45. The Morgan fingerprint density at radius 3 is 2.16 bits per heavy atom. The normalized spacial score (nSPS) is 11.7. The molecule has 0 bridgehead atoms. The van der Waals surface area contributed by atoms with Crippen molar-refractivity contribution in [3.63, 3.8) is 0 Å². The summed E-state index contributed by atoms with van der Waals surface area (Å²) in [4.78, 5) is 14.7. The van der Waals surface area contributed by atoms with Crippen molar-refractivity contribution in [2.75, 3.05) is 0 Å². The molecule has 0 aliphatic heterocycles. The predicted molar refractivity (Wildman–Crippen MR) is 99.9 cm³/mol. The molecule has 0 saturated heterocycles. The van der Waals surface area contributed by atoms with E-state index >= 15 is 0 Å². The zero-order valence-corrected chi connectivity index (χ0v) is 15.8. The smallest absolute Gasteiger partial charge is 0.372 e. The highest BCUT2D eigenvalue weighted by molar-refractivity contribution is 5.91. The van der Waals surface area contributed by atoms with Gasteiger partial charge in [-0.1, -0.05) is 42.5 Å². The maximum atomic E-state index is 13.7. The first-order chi connectivity index (χ1) is 14.7. The molecule has 162 valence electrons. The molecule has 0 amide bonds. The number of benzene rings is 2. The molecule has 0 aliphatic rings. The fourth-order valence-corrected chi connectivity index (χ4v) is 3.11. The number of halogens is 6. The second kappa shape index (κ2) is 9.30. The van der Waals surface area contributed by atoms with E-state index < -0.39 is 53.1 Å². The summed E-state index contributed by atoms with van der Waals surface area (Å²) in [6.45, 7) is -0.720. The first-order valence-electron chi connectivity index (χ1n) is 8.97. The zero-order valence-electron chi connectivity index (χ0n) is 15.8. The van der Waals surface area contributed by atoms with E-state index in [0.717, 1.165) is 24.3 Å². The van der Waals surface area contributed by atoms with Crippen molar-refractivity contribution in [2.45, 2.75) is 25.8 Å². The van der Waals surface area contributed by atoms with Gasteiger partial charge in [-0.3, -0.25) is 4.79 Å². The Hall–Kier alpha value is -3.20. The highest BCUT2D eigenvalue weighted by Crippen LogP contribution is 2.40. The lowest BCUT2D eigenvalue weighted by molar-refractivity contribution is -0.142. The van der Waals surface area contributed by atoms with Gasteiger partial charge in [0.1, 0.15) is 11.5 Å². The van der Waals surface area contributed by atoms with Crippen LogP contribution in [0.15, 0.2) is 54.6 Å². The average Bonchev–Trinajstić information content (AvgIpc) is 2.73. The Kier molecular flexibility index (Phi) is 6.74. The quantitative estimate of drug-likeness (QED) is 0.317. The number of aromatic nitrogens is 1. The maximum absolute atomic E-state index is 13.7. The lowest BCUT2D eigenvalue weighted by Gasteiger charge is -2.21. The lowest BCUT2D eigenvalue weighted by atomic mass is 9.92. The number of hydrogen-bond donors (Lipinski definition) is 0. The Morgan fingerprint density at radius 2 is 1.61 bits per heavy atom. The van der Waals surface area contributed by atoms with Crippen molar-refractivity contribution in [3.05, 3.63) is 88.5 Å². The maximum Gasteiger partial charge on any atom is 0.433 e. The molecule has 0 N–H and O–H groups in total. The van der Waals surface area contributed by atoms with Gasteiger partial charge in [-0.15, -0.1) is 0 Å². The molecule has 0 radical (unpaired) electrons. The van der Waals surface area contributed by atoms with Crippen LogP contribution in [0.5, 0.6) is 0 Å². The van der Waals surface area contributed by atoms with Gasteiger partial charge in [0.25, 0.3) is 6.43 Å². The molecule has 2 aromatic carbocycles. The van der Waals surface area contributed by atoms with Crippen LogP contribution in [0.25, 0.3) is 11.1 Å². The van der Waals surface area contributed by atoms with Gasteiger partial charge < -0.3 is 4.74 Å². The predicted octanol–water partition coefficient (Wildman–Crippen LogP) is 6.37. The summed E-state index contributed by atoms with van der Waals surface area (Å²) in [7, 11) is 0. The molecule has 0 atom stereocenters. The van der Waals surface area contributed by atoms with Crippen molar-refractivity contribution in [2.24, 2.45) is 0 Å². The number of carbonyl (C=O) groups is 1. The van der Waals surface area contributed by atoms with Crippen LogP contribution >= 0.6 is 0 Å². The fourth-order valence-electron chi connectivity index (χ4n) is 3.11. The average molecular weight is 439 g/mol. The molecule has 3 rings (SSSR count). The van der Waals surface area contributed by atoms with Crippen LogP contribution in [0.2, 0.25) is 0 Å². The van der Waals surface area contributed by atoms with E-state index in [4.69, 9.17) is 4.74 Å². The summed E-state index contributed by atoms with van der Waals surface area (Å²) in [6, 6.07) is 12.7. The number of rotatable bonds is 7. The van der Waals surface area contributed by atoms with Crippen molar-refractivity contribution in [3.8, 4) is 11.1 Å². The van der Waals surface area contributed by atoms with Crippen LogP contribution in [-0.4, -0.2) is 11.3 Å². The van der Waals surface area contributed by atoms with Gasteiger partial charge in [-0.05, 0) is 23.3 Å². The fraction of sp³-hybridized carbons (Fsp3) is 0.182. The molecule has 3 nitrogen and oxygen atoms in total. The van der Waals surface area contributed by atoms with E-state index in [1.54, 1.807) is 30.3 Å². The number of hydrogen-bond acceptors (Lipinski definition) is 3. The van der Waals surface area contributed by atoms with Crippen LogP contribution in [0.4, 0.5) is 26.3 Å². The topological polar surface area (TPSA) is 39.2 Å². The molecular formula is C22H15F6NO2. The summed E-state index contributed by atoms with van der Waals surface area (Å²) >= 11 is 0. The van der Waals surface area contributed by atoms with E-state index in [0.29, 0.717) is 5.56 Å². The number of ether oxygens (including phenoxy) is 1. The summed E-state index contributed by atoms with van der Waals surface area (Å²) in [5.41, 5.74) is -3.95. The molecule has 31 heavy (non-hydrogen) atoms. The first-order valence-corrected chi connectivity index (χ1v) is 8.97. The molecule has 0 saturated carbocycles. The Morgan fingerprint density at radius 1 is 0.968 bits per heavy atom. The van der Waals surface area contributed by atoms with Crippen LogP contribution in [0.1, 0.15) is 39.3 Å². The number of nitrogens with zero attached hydrogens (tertiary/aromatic N) is 1. The van der Waals surface area contributed by atoms with Crippen molar-refractivity contribution in [1.82, 2.24) is 4.98 Å². The Bertz CT molecular complexity index is 1050. The minimum Gasteiger partial charge on any atom is -0.372 e. The number of carbonyl (C=O) groups excluding carboxylic acids is 1. The van der Waals surface area contributed by atoms with E-state index in [1.807, 2.05) is 0 Å². The van der Waals surface area contributed by atoms with Gasteiger partial charge in [0.15, 0.2) is 12.0 Å². The summed E-state index contributed by atoms with van der Waals surface area (Å²) < 4.78 is 86.9. The summed E-state index contributed by atoms with van der Waals surface area (Å²) in [6.07, 6.45) is -8.50. The van der Waals surface area contributed by atoms with Gasteiger partial charge >= 0.3 is 6.18 Å². The Labute approximate surface area is 173 Å². The number of alkyl halides is 5. The third-order valence-corrected chi connectivity index (χ3v) is 4.45. The molecular weight excluding hydrogens is 424 g/mol. The number of pyridine rings is 1. The molecule has 1 heterocycles. The standard InChI is InChI=1S/C22H15F6NO2/c23-15-8-6-14(7-9-15)18-16(10-30)19(21(24)25)29-20(22(26,27)28)17(18)12-31-11-13-4-2-1-3-5-13/h1-10,21H,11-12H2. The minimum atomic E-state index is -5.09. The van der Waals surface area contributed by atoms with Crippen molar-refractivity contribution in [1.29, 1.82) is 0 Å². The minimum absolute atomic E-state index is 0.0219. The van der Waals surface area contributed by atoms with Crippen molar-refractivity contribution >= 4 is 6.29 Å². The van der Waals surface area contributed by atoms with Crippen LogP contribution in [0, 0.1) is 5.82 Å². The zero-order chi connectivity index (χ0) is 22.6. The van der Waals surface area contributed by atoms with Gasteiger partial charge in [0.05, 0.1) is 13.2 Å². The highest BCUT2D eigenvalue weighted by Gasteiger charge is 2.39. The van der Waals surface area contributed by atoms with Crippen molar-refractivity contribution < 1.29 is 35.9 Å². The second-order valence-corrected chi connectivity index (χ2v) is 6.51. The molecule has 9 heteroatoms. The monoisotopic (exact) mass is 439 g/mol. The van der Waals surface area contributed by atoms with Crippen LogP contribution in [-0.2, 0) is 24.1 Å². The lowest BCUT2D eigenvalue weighted by Crippen LogP contribution is -2.18. The molecule has 3 aromatic rings. The van der Waals surface area contributed by atoms with E-state index in [2.05, 4.69) is 4.98 Å². The third kappa shape index (κ3) is 5.11. The first kappa shape index (κ1) is 22.5. The molecule has 1 aromatic heterocycles. The highest BCUT2D eigenvalue weighted by atomic mass is 19.4. The van der Waals surface area contributed by atoms with E-state index in [-0.39, 0.29) is 18.5 Å². The molecule has 0 spiro atoms. The van der Waals surface area contributed by atoms with Crippen LogP contribution in [0.3, 0.4) is 0 Å². The van der Waals surface area contributed by atoms with E-state index in [1.165, 1.54) is 0 Å². The van der Waals surface area contributed by atoms with Gasteiger partial charge in [-0.2, -0.15) is 13.2 Å². The van der Waals surface area contributed by atoms with E-state index in [9.17, 15) is 31.1 Å². The Balaban J connectivity index is 2.18. The van der Waals surface area contributed by atoms with Gasteiger partial charge in [0, 0.05) is 16.7 Å². The molecule has 0 fully saturated rings. The van der Waals surface area contributed by atoms with Gasteiger partial charge in [-0.25, -0.2) is 18.2 Å². The molecule has 0 unspecified atom stereocenters. The van der Waals surface area contributed by atoms with Crippen LogP contribution < -0.4 is 0 Å². The SMILES string of the molecule is O=Cc1c(C(F)F)nc(C(F)(F)F)c(COCc2ccccc2)c1-c1ccc(F)cc1. The second-order valence-electron chi connectivity index (χ2n) is 6.51. The van der Waals surface area contributed by atoms with Gasteiger partial charge in [0.2, 0.25) is 0 Å². The largest absolute Gasteiger partial charge is 0.433 e.